The van der Waals surface area contributed by atoms with Gasteiger partial charge in [-0.25, -0.2) is 0 Å². The predicted molar refractivity (Wildman–Crippen MR) is 59.1 cm³/mol. The zero-order valence-electron chi connectivity index (χ0n) is 7.95. The summed E-state index contributed by atoms with van der Waals surface area (Å²) in [6.45, 7) is 0. The van der Waals surface area contributed by atoms with Crippen molar-refractivity contribution in [2.24, 2.45) is 0 Å². The van der Waals surface area contributed by atoms with Crippen LogP contribution in [0.15, 0.2) is 46.9 Å². The molecule has 14 heavy (non-hydrogen) atoms. The number of furan rings is 1. The Kier molecular flexibility index (Phi) is 1.91. The summed E-state index contributed by atoms with van der Waals surface area (Å²) in [6.07, 6.45) is 0. The van der Waals surface area contributed by atoms with Crippen LogP contribution < -0.4 is 2.81 Å². The van der Waals surface area contributed by atoms with E-state index in [4.69, 9.17) is 4.42 Å². The number of rotatable bonds is 0. The molecule has 0 spiro atoms. The summed E-state index contributed by atoms with van der Waals surface area (Å²) >= 11 is 1.06. The number of benzene rings is 2. The van der Waals surface area contributed by atoms with Crippen molar-refractivity contribution in [1.82, 2.24) is 0 Å². The fraction of sp³-hybridized carbons (Fsp3) is 0. The van der Waals surface area contributed by atoms with Gasteiger partial charge in [0, 0.05) is 0 Å². The summed E-state index contributed by atoms with van der Waals surface area (Å²) < 4.78 is 7.17. The third-order valence-electron chi connectivity index (χ3n) is 2.61. The van der Waals surface area contributed by atoms with Crippen LogP contribution in [0, 0.1) is 0 Å². The molecule has 1 nitrogen and oxygen atoms in total. The molecular formula is C12H7NaO. The molecule has 0 aliphatic carbocycles. The van der Waals surface area contributed by atoms with E-state index < -0.39 is 0 Å². The van der Waals surface area contributed by atoms with Crippen molar-refractivity contribution in [2.45, 2.75) is 0 Å². The Bertz CT molecular complexity index is 610. The summed E-state index contributed by atoms with van der Waals surface area (Å²) in [5.41, 5.74) is 2.00. The first-order valence-corrected chi connectivity index (χ1v) is 5.73. The molecule has 2 aromatic carbocycles. The van der Waals surface area contributed by atoms with Gasteiger partial charge < -0.3 is 0 Å². The molecule has 3 aromatic rings. The molecule has 0 fully saturated rings. The van der Waals surface area contributed by atoms with Gasteiger partial charge in [-0.1, -0.05) is 0 Å². The first kappa shape index (κ1) is 8.54. The molecule has 1 heterocycles. The SMILES string of the molecule is [Na][c]1cccc2oc3ccccc3c12. The van der Waals surface area contributed by atoms with Crippen molar-refractivity contribution in [3.8, 4) is 0 Å². The zero-order chi connectivity index (χ0) is 9.54. The summed E-state index contributed by atoms with van der Waals surface area (Å²) in [6, 6.07) is 14.5. The van der Waals surface area contributed by atoms with Crippen LogP contribution in [0.4, 0.5) is 0 Å². The van der Waals surface area contributed by atoms with Crippen molar-refractivity contribution in [3.05, 3.63) is 42.5 Å². The molecule has 3 rings (SSSR count). The van der Waals surface area contributed by atoms with Crippen LogP contribution in [0.5, 0.6) is 0 Å². The van der Waals surface area contributed by atoms with Crippen molar-refractivity contribution in [3.63, 3.8) is 0 Å². The molecule has 62 valence electrons. The Morgan fingerprint density at radius 3 is 2.57 bits per heavy atom. The van der Waals surface area contributed by atoms with Gasteiger partial charge >= 0.3 is 99.6 Å². The second-order valence-electron chi connectivity index (χ2n) is 3.55. The van der Waals surface area contributed by atoms with Gasteiger partial charge in [-0.15, -0.1) is 0 Å². The predicted octanol–water partition coefficient (Wildman–Crippen LogP) is 2.38. The summed E-state index contributed by atoms with van der Waals surface area (Å²) in [7, 11) is 0. The maximum absolute atomic E-state index is 5.76. The van der Waals surface area contributed by atoms with Crippen molar-refractivity contribution < 1.29 is 4.42 Å². The first-order valence-electron chi connectivity index (χ1n) is 4.73. The Hall–Kier alpha value is -0.760. The van der Waals surface area contributed by atoms with Gasteiger partial charge in [0.05, 0.1) is 0 Å². The summed E-state index contributed by atoms with van der Waals surface area (Å²) in [5.74, 6) is 0. The van der Waals surface area contributed by atoms with Gasteiger partial charge in [0.25, 0.3) is 0 Å². The number of para-hydroxylation sites is 1. The molecule has 0 aliphatic rings. The first-order chi connectivity index (χ1) is 6.86. The van der Waals surface area contributed by atoms with Crippen molar-refractivity contribution >= 4 is 52.7 Å². The van der Waals surface area contributed by atoms with E-state index >= 15 is 0 Å². The molecule has 0 radical (unpaired) electrons. The van der Waals surface area contributed by atoms with E-state index in [2.05, 4.69) is 24.3 Å². The van der Waals surface area contributed by atoms with E-state index in [0.717, 1.165) is 39.1 Å². The fourth-order valence-corrected chi connectivity index (χ4v) is 2.66. The molecule has 0 bridgehead atoms. The van der Waals surface area contributed by atoms with Crippen LogP contribution in [0.3, 0.4) is 0 Å². The van der Waals surface area contributed by atoms with Gasteiger partial charge in [0.15, 0.2) is 0 Å². The summed E-state index contributed by atoms with van der Waals surface area (Å²) in [4.78, 5) is 0. The normalized spacial score (nSPS) is 11.3. The van der Waals surface area contributed by atoms with Crippen molar-refractivity contribution in [2.75, 3.05) is 0 Å². The van der Waals surface area contributed by atoms with E-state index in [0.29, 0.717) is 0 Å². The number of hydrogen-bond acceptors (Lipinski definition) is 1. The van der Waals surface area contributed by atoms with Gasteiger partial charge in [-0.3, -0.25) is 0 Å². The Labute approximate surface area is 99.1 Å². The minimum absolute atomic E-state index is 0.991. The Morgan fingerprint density at radius 2 is 1.64 bits per heavy atom. The standard InChI is InChI=1S/C12H7O.Na/c1-3-7-11-9(5-1)10-6-2-4-8-12(10)13-11;/h1-5,7-8H;. The monoisotopic (exact) mass is 190 g/mol. The Morgan fingerprint density at radius 1 is 0.857 bits per heavy atom. The molecule has 0 aliphatic heterocycles. The topological polar surface area (TPSA) is 13.1 Å². The molecule has 1 aromatic heterocycles. The quantitative estimate of drug-likeness (QED) is 0.496. The van der Waals surface area contributed by atoms with E-state index in [1.165, 1.54) is 13.6 Å². The van der Waals surface area contributed by atoms with Crippen molar-refractivity contribution in [1.29, 1.82) is 0 Å². The molecule has 0 unspecified atom stereocenters. The van der Waals surface area contributed by atoms with Crippen LogP contribution in [0.2, 0.25) is 0 Å². The van der Waals surface area contributed by atoms with Crippen LogP contribution in [-0.4, -0.2) is 27.9 Å². The van der Waals surface area contributed by atoms with Gasteiger partial charge in [0.2, 0.25) is 0 Å². The molecule has 0 N–H and O–H groups in total. The van der Waals surface area contributed by atoms with Crippen LogP contribution in [-0.2, 0) is 0 Å². The Balaban J connectivity index is 2.65. The number of hydrogen-bond donors (Lipinski definition) is 0. The third-order valence-corrected chi connectivity index (χ3v) is 3.44. The minimum atomic E-state index is 0.991. The zero-order valence-corrected chi connectivity index (χ0v) is 9.95. The average molecular weight is 190 g/mol. The summed E-state index contributed by atoms with van der Waals surface area (Å²) in [5, 5.41) is 2.54. The van der Waals surface area contributed by atoms with E-state index in [1.54, 1.807) is 0 Å². The van der Waals surface area contributed by atoms with Crippen LogP contribution in [0.1, 0.15) is 0 Å². The van der Waals surface area contributed by atoms with E-state index in [-0.39, 0.29) is 0 Å². The average Bonchev–Trinajstić information content (AvgIpc) is 2.57. The fourth-order valence-electron chi connectivity index (χ4n) is 1.95. The van der Waals surface area contributed by atoms with Crippen LogP contribution >= 0.6 is 0 Å². The van der Waals surface area contributed by atoms with Crippen LogP contribution in [0.25, 0.3) is 21.9 Å². The van der Waals surface area contributed by atoms with Gasteiger partial charge in [-0.05, 0) is 0 Å². The molecule has 0 saturated heterocycles. The van der Waals surface area contributed by atoms with E-state index in [1.807, 2.05) is 18.2 Å². The molecule has 0 atom stereocenters. The second kappa shape index (κ2) is 3.13. The molecule has 0 saturated carbocycles. The maximum atomic E-state index is 5.76. The van der Waals surface area contributed by atoms with E-state index in [9.17, 15) is 0 Å². The second-order valence-corrected chi connectivity index (χ2v) is 4.62. The van der Waals surface area contributed by atoms with Gasteiger partial charge in [0.1, 0.15) is 0 Å². The molecular weight excluding hydrogens is 183 g/mol. The van der Waals surface area contributed by atoms with Gasteiger partial charge in [-0.2, -0.15) is 0 Å². The molecule has 0 amide bonds. The number of fused-ring (bicyclic) bond motifs is 3. The molecule has 2 heteroatoms. The third kappa shape index (κ3) is 1.13.